The van der Waals surface area contributed by atoms with Gasteiger partial charge in [0.15, 0.2) is 11.5 Å². The number of hydrogen-bond acceptors (Lipinski definition) is 6. The van der Waals surface area contributed by atoms with Crippen molar-refractivity contribution in [3.05, 3.63) is 17.7 Å². The monoisotopic (exact) mass is 845 g/mol. The highest BCUT2D eigenvalue weighted by Gasteiger charge is 2.19. The zero-order valence-corrected chi connectivity index (χ0v) is 39.6. The van der Waals surface area contributed by atoms with Crippen LogP contribution in [0.1, 0.15) is 256 Å². The molecule has 0 radical (unpaired) electrons. The number of aliphatic hydroxyl groups is 1. The van der Waals surface area contributed by atoms with E-state index in [4.69, 9.17) is 19.3 Å². The van der Waals surface area contributed by atoms with E-state index in [0.29, 0.717) is 49.2 Å². The number of ether oxygens (including phenoxy) is 3. The van der Waals surface area contributed by atoms with Gasteiger partial charge >= 0.3 is 0 Å². The molecule has 8 nitrogen and oxygen atoms in total. The van der Waals surface area contributed by atoms with Gasteiger partial charge in [-0.25, -0.2) is 0 Å². The molecule has 0 fully saturated rings. The highest BCUT2D eigenvalue weighted by molar-refractivity contribution is 5.95. The van der Waals surface area contributed by atoms with Gasteiger partial charge in [0.2, 0.25) is 11.7 Å². The molecule has 0 aliphatic rings. The molecule has 350 valence electrons. The summed E-state index contributed by atoms with van der Waals surface area (Å²) in [5.74, 6) is 1.43. The van der Waals surface area contributed by atoms with Crippen LogP contribution in [0, 0.1) is 0 Å². The number of rotatable bonds is 46. The fourth-order valence-corrected chi connectivity index (χ4v) is 7.67. The minimum Gasteiger partial charge on any atom is -0.490 e. The summed E-state index contributed by atoms with van der Waals surface area (Å²) in [6.45, 7) is 9.58. The van der Waals surface area contributed by atoms with E-state index in [1.54, 1.807) is 12.1 Å². The normalized spacial score (nSPS) is 11.2. The summed E-state index contributed by atoms with van der Waals surface area (Å²) in [5, 5.41) is 14.9. The third-order valence-electron chi connectivity index (χ3n) is 11.6. The van der Waals surface area contributed by atoms with E-state index in [-0.39, 0.29) is 31.4 Å². The van der Waals surface area contributed by atoms with Gasteiger partial charge in [-0.05, 0) is 44.2 Å². The first-order valence-electron chi connectivity index (χ1n) is 25.8. The quantitative estimate of drug-likeness (QED) is 0.0565. The predicted octanol–water partition coefficient (Wildman–Crippen LogP) is 14.4. The molecule has 0 unspecified atom stereocenters. The number of nitrogens with one attached hydrogen (secondary N) is 2. The van der Waals surface area contributed by atoms with Crippen molar-refractivity contribution in [3.8, 4) is 17.2 Å². The van der Waals surface area contributed by atoms with Gasteiger partial charge in [0.1, 0.15) is 0 Å². The Labute approximate surface area is 370 Å². The minimum atomic E-state index is -0.249. The number of hydrogen-bond donors (Lipinski definition) is 3. The molecule has 0 aromatic heterocycles. The van der Waals surface area contributed by atoms with Gasteiger partial charge in [0.25, 0.3) is 5.91 Å². The maximum Gasteiger partial charge on any atom is 0.251 e. The Bertz CT molecular complexity index is 1070. The highest BCUT2D eigenvalue weighted by atomic mass is 16.5. The van der Waals surface area contributed by atoms with Crippen molar-refractivity contribution in [1.29, 1.82) is 0 Å². The lowest BCUT2D eigenvalue weighted by Crippen LogP contribution is -2.31. The average Bonchev–Trinajstić information content (AvgIpc) is 3.25. The lowest BCUT2D eigenvalue weighted by atomic mass is 10.1. The van der Waals surface area contributed by atoms with Gasteiger partial charge in [-0.2, -0.15) is 0 Å². The molecule has 60 heavy (non-hydrogen) atoms. The molecule has 0 aliphatic carbocycles. The van der Waals surface area contributed by atoms with Gasteiger partial charge in [-0.3, -0.25) is 9.59 Å². The third kappa shape index (κ3) is 33.2. The summed E-state index contributed by atoms with van der Waals surface area (Å²) in [4.78, 5) is 26.0. The first-order valence-corrected chi connectivity index (χ1v) is 25.8. The first kappa shape index (κ1) is 55.5. The van der Waals surface area contributed by atoms with E-state index >= 15 is 0 Å². The maximum atomic E-state index is 13.6. The molecule has 3 N–H and O–H groups in total. The number of carbonyl (C=O) groups is 2. The summed E-state index contributed by atoms with van der Waals surface area (Å²) in [5.41, 5.74) is 0.460. The number of amides is 2. The number of aliphatic hydroxyl groups excluding tert-OH is 1. The van der Waals surface area contributed by atoms with E-state index < -0.39 is 0 Å². The average molecular weight is 845 g/mol. The van der Waals surface area contributed by atoms with E-state index in [1.165, 1.54) is 154 Å². The third-order valence-corrected chi connectivity index (χ3v) is 11.6. The second-order valence-electron chi connectivity index (χ2n) is 17.4. The van der Waals surface area contributed by atoms with Crippen molar-refractivity contribution >= 4 is 11.8 Å². The molecule has 0 aliphatic heterocycles. The standard InChI is InChI=1S/C52H96N2O6/c1-4-7-10-13-16-19-22-25-30-35-42-58-48-45-47(52(57)54-40-38-50(56)53-39-33-28-29-34-41-55)46-49(59-43-36-31-26-23-20-17-14-11-8-5-2)51(48)60-44-37-32-27-24-21-18-15-12-9-6-3/h45-46,55H,4-44H2,1-3H3,(H,53,56)(H,54,57). The smallest absolute Gasteiger partial charge is 0.251 e. The molecule has 2 amide bonds. The van der Waals surface area contributed by atoms with Crippen LogP contribution in [0.2, 0.25) is 0 Å². The van der Waals surface area contributed by atoms with Crippen molar-refractivity contribution in [3.63, 3.8) is 0 Å². The summed E-state index contributed by atoms with van der Waals surface area (Å²) in [6, 6.07) is 3.61. The molecule has 0 saturated carbocycles. The van der Waals surface area contributed by atoms with Crippen molar-refractivity contribution in [2.45, 2.75) is 245 Å². The first-order chi connectivity index (χ1) is 29.6. The van der Waals surface area contributed by atoms with Crippen LogP contribution in [0.5, 0.6) is 17.2 Å². The van der Waals surface area contributed by atoms with Crippen molar-refractivity contribution in [1.82, 2.24) is 10.6 Å². The topological polar surface area (TPSA) is 106 Å². The maximum absolute atomic E-state index is 13.6. The summed E-state index contributed by atoms with van der Waals surface area (Å²) >= 11 is 0. The fourth-order valence-electron chi connectivity index (χ4n) is 7.67. The second-order valence-corrected chi connectivity index (χ2v) is 17.4. The Morgan fingerprint density at radius 2 is 0.783 bits per heavy atom. The van der Waals surface area contributed by atoms with Gasteiger partial charge in [0, 0.05) is 31.7 Å². The highest BCUT2D eigenvalue weighted by Crippen LogP contribution is 2.40. The van der Waals surface area contributed by atoms with Crippen LogP contribution in [0.4, 0.5) is 0 Å². The Kier molecular flexibility index (Phi) is 40.0. The molecule has 0 saturated heterocycles. The second kappa shape index (κ2) is 43.2. The zero-order chi connectivity index (χ0) is 43.4. The SMILES string of the molecule is CCCCCCCCCCCCOc1cc(C(=O)NCCC(=O)NCCCCCCO)cc(OCCCCCCCCCCCC)c1OCCCCCCCCCCCC. The van der Waals surface area contributed by atoms with Gasteiger partial charge in [0.05, 0.1) is 19.8 Å². The van der Waals surface area contributed by atoms with Gasteiger partial charge in [-0.1, -0.05) is 207 Å². The molecule has 8 heteroatoms. The van der Waals surface area contributed by atoms with Crippen LogP contribution in [0.15, 0.2) is 12.1 Å². The summed E-state index contributed by atoms with van der Waals surface area (Å²) < 4.78 is 19.4. The Morgan fingerprint density at radius 1 is 0.433 bits per heavy atom. The van der Waals surface area contributed by atoms with Crippen molar-refractivity contribution in [2.24, 2.45) is 0 Å². The lowest BCUT2D eigenvalue weighted by molar-refractivity contribution is -0.120. The van der Waals surface area contributed by atoms with E-state index in [2.05, 4.69) is 31.4 Å². The Morgan fingerprint density at radius 3 is 1.18 bits per heavy atom. The molecule has 0 bridgehead atoms. The van der Waals surface area contributed by atoms with E-state index in [0.717, 1.165) is 64.2 Å². The molecule has 1 rings (SSSR count). The molecule has 1 aromatic rings. The van der Waals surface area contributed by atoms with E-state index in [9.17, 15) is 9.59 Å². The lowest BCUT2D eigenvalue weighted by Gasteiger charge is -2.19. The minimum absolute atomic E-state index is 0.0748. The van der Waals surface area contributed by atoms with Crippen molar-refractivity contribution in [2.75, 3.05) is 39.5 Å². The summed E-state index contributed by atoms with van der Waals surface area (Å²) in [6.07, 6.45) is 41.6. The van der Waals surface area contributed by atoms with Crippen molar-refractivity contribution < 1.29 is 28.9 Å². The largest absolute Gasteiger partial charge is 0.490 e. The Balaban J connectivity index is 2.92. The van der Waals surface area contributed by atoms with Crippen LogP contribution < -0.4 is 24.8 Å². The molecule has 0 atom stereocenters. The molecule has 1 aromatic carbocycles. The zero-order valence-electron chi connectivity index (χ0n) is 39.6. The molecular weight excluding hydrogens is 749 g/mol. The van der Waals surface area contributed by atoms with E-state index in [1.807, 2.05) is 0 Å². The number of carbonyl (C=O) groups excluding carboxylic acids is 2. The Hall–Kier alpha value is -2.48. The molecule has 0 spiro atoms. The molecule has 0 heterocycles. The number of unbranched alkanes of at least 4 members (excludes halogenated alkanes) is 30. The van der Waals surface area contributed by atoms with Crippen LogP contribution in [0.25, 0.3) is 0 Å². The number of benzene rings is 1. The van der Waals surface area contributed by atoms with Crippen LogP contribution >= 0.6 is 0 Å². The predicted molar refractivity (Wildman–Crippen MR) is 254 cm³/mol. The van der Waals surface area contributed by atoms with Crippen LogP contribution in [-0.2, 0) is 4.79 Å². The summed E-state index contributed by atoms with van der Waals surface area (Å²) in [7, 11) is 0. The van der Waals surface area contributed by atoms with Gasteiger partial charge < -0.3 is 30.0 Å². The van der Waals surface area contributed by atoms with Crippen LogP contribution in [-0.4, -0.2) is 56.4 Å². The molecular formula is C52H96N2O6. The van der Waals surface area contributed by atoms with Crippen LogP contribution in [0.3, 0.4) is 0 Å². The fraction of sp³-hybridized carbons (Fsp3) is 0.846. The van der Waals surface area contributed by atoms with Gasteiger partial charge in [-0.15, -0.1) is 0 Å².